The fourth-order valence-corrected chi connectivity index (χ4v) is 3.26. The molecule has 3 rings (SSSR count). The van der Waals surface area contributed by atoms with Gasteiger partial charge in [0.25, 0.3) is 0 Å². The second-order valence-corrected chi connectivity index (χ2v) is 5.98. The topological polar surface area (TPSA) is 34.9 Å². The molecule has 3 nitrogen and oxygen atoms in total. The van der Waals surface area contributed by atoms with Gasteiger partial charge in [-0.2, -0.15) is 5.10 Å². The summed E-state index contributed by atoms with van der Waals surface area (Å²) in [5.41, 5.74) is 1.81. The zero-order chi connectivity index (χ0) is 14.1. The highest BCUT2D eigenvalue weighted by Gasteiger charge is 2.12. The predicted molar refractivity (Wildman–Crippen MR) is 77.2 cm³/mol. The molecule has 0 fully saturated rings. The average molecular weight is 288 g/mol. The van der Waals surface area contributed by atoms with Gasteiger partial charge in [-0.15, -0.1) is 0 Å². The van der Waals surface area contributed by atoms with Crippen molar-refractivity contribution in [2.75, 3.05) is 0 Å². The summed E-state index contributed by atoms with van der Waals surface area (Å²) in [6, 6.07) is 13.6. The maximum absolute atomic E-state index is 12.9. The van der Waals surface area contributed by atoms with Crippen molar-refractivity contribution in [3.63, 3.8) is 0 Å². The third kappa shape index (κ3) is 2.36. The van der Waals surface area contributed by atoms with Gasteiger partial charge in [-0.1, -0.05) is 18.2 Å². The number of aryl methyl sites for hydroxylation is 1. The summed E-state index contributed by atoms with van der Waals surface area (Å²) in [5, 5.41) is 5.43. The molecule has 20 heavy (non-hydrogen) atoms. The number of para-hydroxylation sites is 1. The molecule has 0 aliphatic rings. The molecule has 1 aromatic heterocycles. The fourth-order valence-electron chi connectivity index (χ4n) is 2.19. The van der Waals surface area contributed by atoms with E-state index in [1.165, 1.54) is 12.1 Å². The molecule has 102 valence electrons. The van der Waals surface area contributed by atoms with Crippen LogP contribution < -0.4 is 0 Å². The number of aromatic nitrogens is 2. The molecule has 0 spiro atoms. The van der Waals surface area contributed by atoms with Crippen LogP contribution in [0.5, 0.6) is 0 Å². The van der Waals surface area contributed by atoms with Crippen molar-refractivity contribution in [2.45, 2.75) is 10.6 Å². The van der Waals surface area contributed by atoms with Crippen LogP contribution in [0, 0.1) is 5.82 Å². The molecule has 1 atom stereocenters. The third-order valence-corrected chi connectivity index (χ3v) is 4.51. The summed E-state index contributed by atoms with van der Waals surface area (Å²) in [4.78, 5) is 0.612. The summed E-state index contributed by atoms with van der Waals surface area (Å²) in [5.74, 6) is 0.00141. The lowest BCUT2D eigenvalue weighted by Gasteiger charge is -2.00. The summed E-state index contributed by atoms with van der Waals surface area (Å²) in [6.07, 6.45) is 0. The van der Waals surface area contributed by atoms with Crippen molar-refractivity contribution in [3.05, 3.63) is 60.0 Å². The van der Waals surface area contributed by atoms with E-state index in [1.807, 2.05) is 31.3 Å². The first-order chi connectivity index (χ1) is 9.65. The van der Waals surface area contributed by atoms with E-state index in [0.29, 0.717) is 10.6 Å². The molecule has 0 aliphatic carbocycles. The average Bonchev–Trinajstić information content (AvgIpc) is 2.77. The van der Waals surface area contributed by atoms with E-state index in [2.05, 4.69) is 5.10 Å². The van der Waals surface area contributed by atoms with Crippen LogP contribution in [0.1, 0.15) is 5.69 Å². The Bertz CT molecular complexity index is 780. The molecule has 3 aromatic rings. The Hall–Kier alpha value is -2.01. The second-order valence-electron chi connectivity index (χ2n) is 4.53. The number of nitrogens with zero attached hydrogens (tertiary/aromatic N) is 2. The molecule has 0 N–H and O–H groups in total. The normalized spacial score (nSPS) is 12.7. The zero-order valence-corrected chi connectivity index (χ0v) is 11.7. The molecule has 2 aromatic carbocycles. The maximum Gasteiger partial charge on any atom is 0.123 e. The zero-order valence-electron chi connectivity index (χ0n) is 10.9. The highest BCUT2D eigenvalue weighted by atomic mass is 32.2. The van der Waals surface area contributed by atoms with E-state index in [-0.39, 0.29) is 5.82 Å². The molecule has 0 saturated heterocycles. The first-order valence-electron chi connectivity index (χ1n) is 6.20. The van der Waals surface area contributed by atoms with Gasteiger partial charge in [0.15, 0.2) is 0 Å². The molecule has 0 amide bonds. The predicted octanol–water partition coefficient (Wildman–Crippen LogP) is 3.02. The van der Waals surface area contributed by atoms with Gasteiger partial charge >= 0.3 is 0 Å². The van der Waals surface area contributed by atoms with Crippen molar-refractivity contribution in [1.29, 1.82) is 0 Å². The number of halogens is 1. The van der Waals surface area contributed by atoms with Gasteiger partial charge in [-0.3, -0.25) is 8.89 Å². The molecule has 1 heterocycles. The number of fused-ring (bicyclic) bond motifs is 1. The molecular formula is C15H13FN2OS. The largest absolute Gasteiger partial charge is 0.268 e. The Kier molecular flexibility index (Phi) is 3.36. The van der Waals surface area contributed by atoms with E-state index in [0.717, 1.165) is 16.6 Å². The summed E-state index contributed by atoms with van der Waals surface area (Å²) in [7, 11) is 0.640. The lowest BCUT2D eigenvalue weighted by atomic mass is 10.2. The quantitative estimate of drug-likeness (QED) is 0.742. The van der Waals surface area contributed by atoms with Crippen molar-refractivity contribution >= 4 is 21.7 Å². The van der Waals surface area contributed by atoms with Gasteiger partial charge in [0.2, 0.25) is 0 Å². The smallest absolute Gasteiger partial charge is 0.123 e. The summed E-state index contributed by atoms with van der Waals surface area (Å²) in [6.45, 7) is 0. The van der Waals surface area contributed by atoms with Crippen LogP contribution in [0.25, 0.3) is 10.9 Å². The van der Waals surface area contributed by atoms with Gasteiger partial charge in [0, 0.05) is 17.3 Å². The molecule has 1 unspecified atom stereocenters. The van der Waals surface area contributed by atoms with E-state index in [1.54, 1.807) is 16.8 Å². The number of hydrogen-bond donors (Lipinski definition) is 0. The number of hydrogen-bond acceptors (Lipinski definition) is 2. The molecule has 0 aliphatic heterocycles. The Labute approximate surface area is 118 Å². The van der Waals surface area contributed by atoms with E-state index < -0.39 is 10.8 Å². The van der Waals surface area contributed by atoms with E-state index in [9.17, 15) is 8.60 Å². The molecule has 5 heteroatoms. The molecular weight excluding hydrogens is 275 g/mol. The van der Waals surface area contributed by atoms with Crippen LogP contribution in [-0.2, 0) is 23.6 Å². The van der Waals surface area contributed by atoms with Gasteiger partial charge < -0.3 is 0 Å². The Morgan fingerprint density at radius 3 is 2.60 bits per heavy atom. The molecule has 0 saturated carbocycles. The third-order valence-electron chi connectivity index (χ3n) is 3.18. The number of rotatable bonds is 3. The lowest BCUT2D eigenvalue weighted by Crippen LogP contribution is -1.99. The first-order valence-corrected chi connectivity index (χ1v) is 7.51. The van der Waals surface area contributed by atoms with Gasteiger partial charge in [-0.25, -0.2) is 4.39 Å². The van der Waals surface area contributed by atoms with Crippen LogP contribution >= 0.6 is 0 Å². The monoisotopic (exact) mass is 288 g/mol. The summed E-state index contributed by atoms with van der Waals surface area (Å²) >= 11 is 0. The van der Waals surface area contributed by atoms with Crippen LogP contribution in [0.2, 0.25) is 0 Å². The Morgan fingerprint density at radius 1 is 1.15 bits per heavy atom. The highest BCUT2D eigenvalue weighted by Crippen LogP contribution is 2.20. The summed E-state index contributed by atoms with van der Waals surface area (Å²) < 4.78 is 27.0. The van der Waals surface area contributed by atoms with Crippen molar-refractivity contribution in [2.24, 2.45) is 7.05 Å². The SMILES string of the molecule is Cn1nc(CS(=O)c2ccc(F)cc2)c2ccccc21. The van der Waals surface area contributed by atoms with Crippen LogP contribution in [-0.4, -0.2) is 14.0 Å². The van der Waals surface area contributed by atoms with Gasteiger partial charge in [0.1, 0.15) is 5.82 Å². The minimum Gasteiger partial charge on any atom is -0.268 e. The van der Waals surface area contributed by atoms with Crippen molar-refractivity contribution in [3.8, 4) is 0 Å². The van der Waals surface area contributed by atoms with Crippen molar-refractivity contribution in [1.82, 2.24) is 9.78 Å². The maximum atomic E-state index is 12.9. The number of benzene rings is 2. The second kappa shape index (κ2) is 5.17. The minimum atomic E-state index is -1.23. The Balaban J connectivity index is 1.93. The fraction of sp³-hybridized carbons (Fsp3) is 0.133. The van der Waals surface area contributed by atoms with Crippen molar-refractivity contribution < 1.29 is 8.60 Å². The lowest BCUT2D eigenvalue weighted by molar-refractivity contribution is 0.626. The van der Waals surface area contributed by atoms with Crippen LogP contribution in [0.3, 0.4) is 0 Å². The standard InChI is InChI=1S/C15H13FN2OS/c1-18-15-5-3-2-4-13(15)14(17-18)10-20(19)12-8-6-11(16)7-9-12/h2-9H,10H2,1H3. The van der Waals surface area contributed by atoms with Gasteiger partial charge in [-0.05, 0) is 30.3 Å². The molecule has 0 radical (unpaired) electrons. The minimum absolute atomic E-state index is 0.325. The van der Waals surface area contributed by atoms with Gasteiger partial charge in [0.05, 0.1) is 27.8 Å². The van der Waals surface area contributed by atoms with Crippen LogP contribution in [0.15, 0.2) is 53.4 Å². The first kappa shape index (κ1) is 13.0. The van der Waals surface area contributed by atoms with Crippen LogP contribution in [0.4, 0.5) is 4.39 Å². The highest BCUT2D eigenvalue weighted by molar-refractivity contribution is 7.84. The van der Waals surface area contributed by atoms with E-state index >= 15 is 0 Å². The molecule has 0 bridgehead atoms. The Morgan fingerprint density at radius 2 is 1.85 bits per heavy atom. The van der Waals surface area contributed by atoms with E-state index in [4.69, 9.17) is 0 Å².